The van der Waals surface area contributed by atoms with Gasteiger partial charge in [-0.1, -0.05) is 56.0 Å². The SMILES string of the molecule is O=C(CCc1ccccc1)c1cc(F)ccc1OCC(O)CC1CCCC1. The number of carbonyl (C=O) groups is 1. The molecule has 0 saturated heterocycles. The molecule has 2 aromatic carbocycles. The van der Waals surface area contributed by atoms with Crippen LogP contribution >= 0.6 is 0 Å². The number of halogens is 1. The van der Waals surface area contributed by atoms with Crippen molar-refractivity contribution in [2.75, 3.05) is 6.61 Å². The van der Waals surface area contributed by atoms with E-state index in [4.69, 9.17) is 4.74 Å². The van der Waals surface area contributed by atoms with E-state index < -0.39 is 11.9 Å². The van der Waals surface area contributed by atoms with Crippen molar-refractivity contribution in [1.82, 2.24) is 0 Å². The number of aryl methyl sites for hydroxylation is 1. The van der Waals surface area contributed by atoms with E-state index in [9.17, 15) is 14.3 Å². The van der Waals surface area contributed by atoms with Crippen LogP contribution in [0.15, 0.2) is 48.5 Å². The molecule has 0 heterocycles. The summed E-state index contributed by atoms with van der Waals surface area (Å²) in [6, 6.07) is 13.7. The molecule has 1 saturated carbocycles. The van der Waals surface area contributed by atoms with Gasteiger partial charge < -0.3 is 9.84 Å². The molecule has 4 heteroatoms. The molecule has 1 aliphatic rings. The maximum Gasteiger partial charge on any atom is 0.167 e. The minimum Gasteiger partial charge on any atom is -0.490 e. The van der Waals surface area contributed by atoms with Crippen LogP contribution in [0.2, 0.25) is 0 Å². The van der Waals surface area contributed by atoms with Crippen molar-refractivity contribution in [3.8, 4) is 5.75 Å². The smallest absolute Gasteiger partial charge is 0.167 e. The molecule has 27 heavy (non-hydrogen) atoms. The van der Waals surface area contributed by atoms with Crippen LogP contribution in [0, 0.1) is 11.7 Å². The zero-order valence-electron chi connectivity index (χ0n) is 15.6. The largest absolute Gasteiger partial charge is 0.490 e. The molecule has 1 atom stereocenters. The highest BCUT2D eigenvalue weighted by Gasteiger charge is 2.20. The predicted octanol–water partition coefficient (Wildman–Crippen LogP) is 4.96. The Morgan fingerprint density at radius 2 is 1.89 bits per heavy atom. The zero-order valence-corrected chi connectivity index (χ0v) is 15.6. The lowest BCUT2D eigenvalue weighted by Crippen LogP contribution is -2.21. The molecule has 3 rings (SSSR count). The second kappa shape index (κ2) is 9.65. The summed E-state index contributed by atoms with van der Waals surface area (Å²) >= 11 is 0. The molecule has 0 bridgehead atoms. The lowest BCUT2D eigenvalue weighted by Gasteiger charge is -2.17. The molecule has 1 aliphatic carbocycles. The third-order valence-electron chi connectivity index (χ3n) is 5.24. The van der Waals surface area contributed by atoms with Gasteiger partial charge in [-0.05, 0) is 42.5 Å². The van der Waals surface area contributed by atoms with E-state index in [1.807, 2.05) is 30.3 Å². The van der Waals surface area contributed by atoms with Gasteiger partial charge in [0.25, 0.3) is 0 Å². The number of hydrogen-bond donors (Lipinski definition) is 1. The first-order valence-corrected chi connectivity index (χ1v) is 9.79. The van der Waals surface area contributed by atoms with Gasteiger partial charge in [0.05, 0.1) is 11.7 Å². The molecule has 1 N–H and O–H groups in total. The number of benzene rings is 2. The maximum absolute atomic E-state index is 13.7. The van der Waals surface area contributed by atoms with E-state index in [2.05, 4.69) is 0 Å². The van der Waals surface area contributed by atoms with Gasteiger partial charge >= 0.3 is 0 Å². The Labute approximate surface area is 160 Å². The highest BCUT2D eigenvalue weighted by atomic mass is 19.1. The Bertz CT molecular complexity index is 739. The fourth-order valence-corrected chi connectivity index (χ4v) is 3.77. The zero-order chi connectivity index (χ0) is 19.1. The van der Waals surface area contributed by atoms with Crippen molar-refractivity contribution in [3.63, 3.8) is 0 Å². The van der Waals surface area contributed by atoms with Crippen molar-refractivity contribution in [3.05, 3.63) is 65.5 Å². The van der Waals surface area contributed by atoms with Crippen molar-refractivity contribution in [1.29, 1.82) is 0 Å². The third-order valence-corrected chi connectivity index (χ3v) is 5.24. The number of ether oxygens (including phenoxy) is 1. The first-order chi connectivity index (χ1) is 13.1. The third kappa shape index (κ3) is 5.90. The minimum atomic E-state index is -0.564. The lowest BCUT2D eigenvalue weighted by atomic mass is 10.0. The molecule has 144 valence electrons. The highest BCUT2D eigenvalue weighted by Crippen LogP contribution is 2.29. The molecule has 1 fully saturated rings. The van der Waals surface area contributed by atoms with Crippen molar-refractivity contribution in [2.45, 2.75) is 51.0 Å². The standard InChI is InChI=1S/C23H27FO3/c24-19-11-13-23(27-16-20(25)14-18-8-4-5-9-18)21(15-19)22(26)12-10-17-6-2-1-3-7-17/h1-3,6-7,11,13,15,18,20,25H,4-5,8-10,12,14,16H2. The van der Waals surface area contributed by atoms with Gasteiger partial charge in [0.15, 0.2) is 5.78 Å². The lowest BCUT2D eigenvalue weighted by molar-refractivity contribution is 0.0833. The van der Waals surface area contributed by atoms with E-state index in [1.165, 1.54) is 31.0 Å². The summed E-state index contributed by atoms with van der Waals surface area (Å²) in [6.45, 7) is 0.126. The summed E-state index contributed by atoms with van der Waals surface area (Å²) in [5.74, 6) is 0.291. The first kappa shape index (κ1) is 19.6. The number of aliphatic hydroxyl groups excluding tert-OH is 1. The summed E-state index contributed by atoms with van der Waals surface area (Å²) in [7, 11) is 0. The van der Waals surface area contributed by atoms with Crippen LogP contribution in [0.1, 0.15) is 54.4 Å². The van der Waals surface area contributed by atoms with Gasteiger partial charge in [0.2, 0.25) is 0 Å². The fraction of sp³-hybridized carbons (Fsp3) is 0.435. The Hall–Kier alpha value is -2.20. The molecule has 0 aliphatic heterocycles. The minimum absolute atomic E-state index is 0.126. The van der Waals surface area contributed by atoms with Gasteiger partial charge in [-0.15, -0.1) is 0 Å². The maximum atomic E-state index is 13.7. The quantitative estimate of drug-likeness (QED) is 0.635. The topological polar surface area (TPSA) is 46.5 Å². The molecule has 1 unspecified atom stereocenters. The van der Waals surface area contributed by atoms with E-state index >= 15 is 0 Å². The van der Waals surface area contributed by atoms with E-state index in [1.54, 1.807) is 0 Å². The Kier molecular flexibility index (Phi) is 6.99. The summed E-state index contributed by atoms with van der Waals surface area (Å²) in [5, 5.41) is 10.2. The highest BCUT2D eigenvalue weighted by molar-refractivity contribution is 5.98. The molecular formula is C23H27FO3. The molecule has 3 nitrogen and oxygen atoms in total. The van der Waals surface area contributed by atoms with Crippen LogP contribution in [-0.4, -0.2) is 23.6 Å². The molecule has 0 spiro atoms. The Morgan fingerprint density at radius 3 is 2.63 bits per heavy atom. The normalized spacial score (nSPS) is 15.6. The fourth-order valence-electron chi connectivity index (χ4n) is 3.77. The van der Waals surface area contributed by atoms with Crippen LogP contribution in [0.5, 0.6) is 5.75 Å². The number of Topliss-reactive ketones (excluding diaryl/α,β-unsaturated/α-hetero) is 1. The number of rotatable bonds is 9. The Morgan fingerprint density at radius 1 is 1.15 bits per heavy atom. The number of hydrogen-bond acceptors (Lipinski definition) is 3. The molecule has 0 amide bonds. The summed E-state index contributed by atoms with van der Waals surface area (Å²) in [5.41, 5.74) is 1.32. The van der Waals surface area contributed by atoms with Gasteiger partial charge in [0.1, 0.15) is 18.2 Å². The van der Waals surface area contributed by atoms with Crippen LogP contribution in [0.3, 0.4) is 0 Å². The number of carbonyl (C=O) groups excluding carboxylic acids is 1. The average Bonchev–Trinajstić information content (AvgIpc) is 3.19. The number of ketones is 1. The molecule has 0 aromatic heterocycles. The van der Waals surface area contributed by atoms with Gasteiger partial charge in [-0.3, -0.25) is 4.79 Å². The van der Waals surface area contributed by atoms with Crippen molar-refractivity contribution in [2.24, 2.45) is 5.92 Å². The predicted molar refractivity (Wildman–Crippen MR) is 104 cm³/mol. The summed E-state index contributed by atoms with van der Waals surface area (Å²) in [4.78, 5) is 12.6. The molecule has 2 aromatic rings. The second-order valence-electron chi connectivity index (χ2n) is 7.40. The van der Waals surface area contributed by atoms with Crippen molar-refractivity contribution < 1.29 is 19.0 Å². The van der Waals surface area contributed by atoms with Gasteiger partial charge in [0, 0.05) is 6.42 Å². The van der Waals surface area contributed by atoms with Crippen LogP contribution in [-0.2, 0) is 6.42 Å². The van der Waals surface area contributed by atoms with Gasteiger partial charge in [-0.2, -0.15) is 0 Å². The first-order valence-electron chi connectivity index (χ1n) is 9.79. The van der Waals surface area contributed by atoms with E-state index in [0.717, 1.165) is 24.8 Å². The van der Waals surface area contributed by atoms with Crippen LogP contribution in [0.4, 0.5) is 4.39 Å². The van der Waals surface area contributed by atoms with Crippen LogP contribution in [0.25, 0.3) is 0 Å². The average molecular weight is 370 g/mol. The summed E-state index contributed by atoms with van der Waals surface area (Å²) in [6.07, 6.45) is 5.83. The van der Waals surface area contributed by atoms with E-state index in [-0.39, 0.29) is 24.4 Å². The number of aliphatic hydroxyl groups is 1. The van der Waals surface area contributed by atoms with Crippen LogP contribution < -0.4 is 4.74 Å². The second-order valence-corrected chi connectivity index (χ2v) is 7.40. The van der Waals surface area contributed by atoms with Crippen molar-refractivity contribution >= 4 is 5.78 Å². The molecular weight excluding hydrogens is 343 g/mol. The summed E-state index contributed by atoms with van der Waals surface area (Å²) < 4.78 is 19.4. The Balaban J connectivity index is 1.59. The van der Waals surface area contributed by atoms with E-state index in [0.29, 0.717) is 18.1 Å². The van der Waals surface area contributed by atoms with Gasteiger partial charge in [-0.25, -0.2) is 4.39 Å². The monoisotopic (exact) mass is 370 g/mol. The molecule has 0 radical (unpaired) electrons.